The molecule has 2 N–H and O–H groups in total. The van der Waals surface area contributed by atoms with Crippen LogP contribution in [0.4, 0.5) is 8.78 Å². The first-order valence-electron chi connectivity index (χ1n) is 6.55. The number of aliphatic hydroxyl groups excluding tert-OH is 1. The van der Waals surface area contributed by atoms with Crippen molar-refractivity contribution in [1.82, 2.24) is 5.32 Å². The first kappa shape index (κ1) is 16.5. The van der Waals surface area contributed by atoms with E-state index in [0.29, 0.717) is 16.0 Å². The number of nitrogens with one attached hydrogen (secondary N) is 1. The fourth-order valence-corrected chi connectivity index (χ4v) is 2.45. The minimum atomic E-state index is -0.485. The van der Waals surface area contributed by atoms with Crippen LogP contribution in [-0.4, -0.2) is 17.3 Å². The number of hydrogen-bond donors (Lipinski definition) is 2. The lowest BCUT2D eigenvalue weighted by Gasteiger charge is -2.08. The Hall–Kier alpha value is -1.92. The lowest BCUT2D eigenvalue weighted by molar-refractivity contribution is 0.0950. The van der Waals surface area contributed by atoms with Crippen molar-refractivity contribution in [3.63, 3.8) is 0 Å². The second-order valence-corrected chi connectivity index (χ2v) is 5.46. The second kappa shape index (κ2) is 7.38. The van der Waals surface area contributed by atoms with Gasteiger partial charge in [-0.05, 0) is 42.2 Å². The highest BCUT2D eigenvalue weighted by molar-refractivity contribution is 7.98. The number of benzene rings is 2. The Bertz CT molecular complexity index is 692. The maximum absolute atomic E-state index is 13.4. The summed E-state index contributed by atoms with van der Waals surface area (Å²) in [5.41, 5.74) is 1.21. The van der Waals surface area contributed by atoms with Gasteiger partial charge in [-0.2, -0.15) is 0 Å². The number of halogens is 2. The molecule has 0 saturated heterocycles. The molecule has 0 fully saturated rings. The zero-order valence-corrected chi connectivity index (χ0v) is 12.7. The molecule has 22 heavy (non-hydrogen) atoms. The molecular formula is C16H15F2NO2S. The Kier molecular flexibility index (Phi) is 5.51. The van der Waals surface area contributed by atoms with Crippen molar-refractivity contribution in [2.24, 2.45) is 0 Å². The van der Waals surface area contributed by atoms with Gasteiger partial charge in [-0.25, -0.2) is 8.78 Å². The number of carbonyl (C=O) groups is 1. The average Bonchev–Trinajstić information content (AvgIpc) is 2.54. The zero-order valence-electron chi connectivity index (χ0n) is 11.9. The maximum Gasteiger partial charge on any atom is 0.251 e. The third-order valence-corrected chi connectivity index (χ3v) is 3.90. The summed E-state index contributed by atoms with van der Waals surface area (Å²) in [7, 11) is 0. The molecule has 2 aromatic carbocycles. The van der Waals surface area contributed by atoms with Gasteiger partial charge in [0.25, 0.3) is 5.91 Å². The molecule has 0 radical (unpaired) electrons. The molecule has 3 nitrogen and oxygen atoms in total. The van der Waals surface area contributed by atoms with Crippen LogP contribution in [0.1, 0.15) is 21.5 Å². The molecule has 0 bridgehead atoms. The van der Waals surface area contributed by atoms with Crippen LogP contribution < -0.4 is 5.32 Å². The molecular weight excluding hydrogens is 308 g/mol. The van der Waals surface area contributed by atoms with Crippen molar-refractivity contribution >= 4 is 17.7 Å². The number of carbonyl (C=O) groups excluding carboxylic acids is 1. The number of amides is 1. The topological polar surface area (TPSA) is 49.3 Å². The summed E-state index contributed by atoms with van der Waals surface area (Å²) >= 11 is 1.22. The lowest BCUT2D eigenvalue weighted by atomic mass is 10.1. The van der Waals surface area contributed by atoms with Crippen molar-refractivity contribution in [2.75, 3.05) is 6.26 Å². The molecule has 0 atom stereocenters. The molecule has 0 aromatic heterocycles. The van der Waals surface area contributed by atoms with Crippen LogP contribution in [0, 0.1) is 11.6 Å². The van der Waals surface area contributed by atoms with Gasteiger partial charge in [0.1, 0.15) is 11.6 Å². The molecule has 1 amide bonds. The lowest BCUT2D eigenvalue weighted by Crippen LogP contribution is -2.23. The third kappa shape index (κ3) is 3.84. The van der Waals surface area contributed by atoms with Crippen LogP contribution >= 0.6 is 11.8 Å². The van der Waals surface area contributed by atoms with E-state index in [1.807, 2.05) is 0 Å². The maximum atomic E-state index is 13.4. The monoisotopic (exact) mass is 323 g/mol. The summed E-state index contributed by atoms with van der Waals surface area (Å²) in [6.07, 6.45) is 1.73. The van der Waals surface area contributed by atoms with Crippen molar-refractivity contribution in [3.8, 4) is 0 Å². The summed E-state index contributed by atoms with van der Waals surface area (Å²) in [6.45, 7) is -0.208. The summed E-state index contributed by atoms with van der Waals surface area (Å²) in [4.78, 5) is 12.5. The molecule has 0 heterocycles. The quantitative estimate of drug-likeness (QED) is 0.831. The average molecular weight is 323 g/mol. The van der Waals surface area contributed by atoms with E-state index in [1.165, 1.54) is 48.2 Å². The van der Waals surface area contributed by atoms with E-state index in [0.717, 1.165) is 0 Å². The fraction of sp³-hybridized carbons (Fsp3) is 0.188. The molecule has 0 aliphatic heterocycles. The summed E-state index contributed by atoms with van der Waals surface area (Å²) < 4.78 is 26.7. The summed E-state index contributed by atoms with van der Waals surface area (Å²) in [5.74, 6) is -1.19. The van der Waals surface area contributed by atoms with Crippen LogP contribution in [-0.2, 0) is 13.2 Å². The first-order chi connectivity index (χ1) is 10.5. The van der Waals surface area contributed by atoms with Crippen LogP contribution in [0.25, 0.3) is 0 Å². The Balaban J connectivity index is 2.06. The largest absolute Gasteiger partial charge is 0.392 e. The molecule has 0 spiro atoms. The van der Waals surface area contributed by atoms with Gasteiger partial charge < -0.3 is 10.4 Å². The van der Waals surface area contributed by atoms with Gasteiger partial charge in [0.05, 0.1) is 6.61 Å². The van der Waals surface area contributed by atoms with Crippen LogP contribution in [0.15, 0.2) is 41.3 Å². The Morgan fingerprint density at radius 2 is 1.91 bits per heavy atom. The van der Waals surface area contributed by atoms with E-state index >= 15 is 0 Å². The first-order valence-corrected chi connectivity index (χ1v) is 7.77. The molecule has 6 heteroatoms. The highest BCUT2D eigenvalue weighted by atomic mass is 32.2. The molecule has 0 saturated carbocycles. The van der Waals surface area contributed by atoms with Crippen LogP contribution in [0.5, 0.6) is 0 Å². The van der Waals surface area contributed by atoms with Gasteiger partial charge in [0.15, 0.2) is 0 Å². The number of hydrogen-bond acceptors (Lipinski definition) is 3. The standard InChI is InChI=1S/C16H15F2NO2S/c1-22-15-7-11(3-5-14(15)18)16(21)19-8-10-2-4-13(17)12(6-10)9-20/h2-7,20H,8-9H2,1H3,(H,19,21). The van der Waals surface area contributed by atoms with Gasteiger partial charge in [-0.1, -0.05) is 6.07 Å². The van der Waals surface area contributed by atoms with E-state index in [9.17, 15) is 13.6 Å². The molecule has 2 rings (SSSR count). The Morgan fingerprint density at radius 3 is 2.59 bits per heavy atom. The van der Waals surface area contributed by atoms with E-state index in [4.69, 9.17) is 5.11 Å². The van der Waals surface area contributed by atoms with E-state index in [1.54, 1.807) is 6.26 Å². The number of thioether (sulfide) groups is 1. The van der Waals surface area contributed by atoms with Crippen molar-refractivity contribution in [2.45, 2.75) is 18.0 Å². The molecule has 0 aliphatic carbocycles. The number of rotatable bonds is 5. The minimum Gasteiger partial charge on any atom is -0.392 e. The van der Waals surface area contributed by atoms with E-state index in [-0.39, 0.29) is 23.8 Å². The SMILES string of the molecule is CSc1cc(C(=O)NCc2ccc(F)c(CO)c2)ccc1F. The van der Waals surface area contributed by atoms with Crippen LogP contribution in [0.3, 0.4) is 0 Å². The van der Waals surface area contributed by atoms with Gasteiger partial charge >= 0.3 is 0 Å². The van der Waals surface area contributed by atoms with Gasteiger partial charge in [0, 0.05) is 22.6 Å². The second-order valence-electron chi connectivity index (χ2n) is 4.62. The van der Waals surface area contributed by atoms with Crippen molar-refractivity contribution in [3.05, 3.63) is 64.7 Å². The summed E-state index contributed by atoms with van der Waals surface area (Å²) in [5, 5.41) is 11.7. The predicted molar refractivity (Wildman–Crippen MR) is 81.7 cm³/mol. The fourth-order valence-electron chi connectivity index (χ4n) is 1.94. The Morgan fingerprint density at radius 1 is 1.18 bits per heavy atom. The normalized spacial score (nSPS) is 10.5. The molecule has 116 valence electrons. The van der Waals surface area contributed by atoms with Gasteiger partial charge in [-0.15, -0.1) is 11.8 Å². The molecule has 2 aromatic rings. The van der Waals surface area contributed by atoms with Gasteiger partial charge in [0.2, 0.25) is 0 Å². The van der Waals surface area contributed by atoms with Crippen molar-refractivity contribution < 1.29 is 18.7 Å². The third-order valence-electron chi connectivity index (χ3n) is 3.15. The minimum absolute atomic E-state index is 0.179. The van der Waals surface area contributed by atoms with E-state index < -0.39 is 12.4 Å². The Labute approximate surface area is 131 Å². The molecule has 0 aliphatic rings. The smallest absolute Gasteiger partial charge is 0.251 e. The molecule has 0 unspecified atom stereocenters. The zero-order chi connectivity index (χ0) is 16.1. The highest BCUT2D eigenvalue weighted by Crippen LogP contribution is 2.20. The van der Waals surface area contributed by atoms with Crippen LogP contribution in [0.2, 0.25) is 0 Å². The van der Waals surface area contributed by atoms with E-state index in [2.05, 4.69) is 5.32 Å². The van der Waals surface area contributed by atoms with Gasteiger partial charge in [-0.3, -0.25) is 4.79 Å². The number of aliphatic hydroxyl groups is 1. The van der Waals surface area contributed by atoms with Crippen molar-refractivity contribution in [1.29, 1.82) is 0 Å². The summed E-state index contributed by atoms with van der Waals surface area (Å²) in [6, 6.07) is 8.42. The predicted octanol–water partition coefficient (Wildman–Crippen LogP) is 3.11. The highest BCUT2D eigenvalue weighted by Gasteiger charge is 2.10.